The van der Waals surface area contributed by atoms with E-state index in [4.69, 9.17) is 9.84 Å². The minimum atomic E-state index is -4.91. The summed E-state index contributed by atoms with van der Waals surface area (Å²) in [6, 6.07) is 5.59. The van der Waals surface area contributed by atoms with Crippen molar-refractivity contribution >= 4 is 17.6 Å². The molecule has 2 heterocycles. The SMILES string of the molecule is O=C(CC1CCCO1)Nc1cccc(-n2ncc(C(=O)O)c2C(F)(F)F)c1. The summed E-state index contributed by atoms with van der Waals surface area (Å²) in [4.78, 5) is 23.1. The van der Waals surface area contributed by atoms with E-state index in [0.717, 1.165) is 12.8 Å². The highest BCUT2D eigenvalue weighted by molar-refractivity contribution is 5.91. The molecular formula is C17H16F3N3O4. The van der Waals surface area contributed by atoms with E-state index in [1.807, 2.05) is 0 Å². The zero-order valence-electron chi connectivity index (χ0n) is 14.0. The number of hydrogen-bond donors (Lipinski definition) is 2. The first-order valence-electron chi connectivity index (χ1n) is 8.16. The van der Waals surface area contributed by atoms with Gasteiger partial charge in [-0.3, -0.25) is 4.79 Å². The van der Waals surface area contributed by atoms with Gasteiger partial charge in [0.2, 0.25) is 5.91 Å². The van der Waals surface area contributed by atoms with Crippen LogP contribution >= 0.6 is 0 Å². The monoisotopic (exact) mass is 383 g/mol. The van der Waals surface area contributed by atoms with E-state index >= 15 is 0 Å². The Kier molecular flexibility index (Phi) is 5.17. The summed E-state index contributed by atoms with van der Waals surface area (Å²) in [5.41, 5.74) is -2.09. The van der Waals surface area contributed by atoms with Gasteiger partial charge in [-0.05, 0) is 31.0 Å². The second-order valence-corrected chi connectivity index (χ2v) is 6.06. The Hall–Kier alpha value is -2.88. The number of carbonyl (C=O) groups is 2. The van der Waals surface area contributed by atoms with Crippen LogP contribution in [0, 0.1) is 0 Å². The molecule has 1 amide bonds. The highest BCUT2D eigenvalue weighted by Gasteiger charge is 2.40. The van der Waals surface area contributed by atoms with Crippen molar-refractivity contribution in [2.75, 3.05) is 11.9 Å². The van der Waals surface area contributed by atoms with Crippen LogP contribution < -0.4 is 5.32 Å². The first-order valence-corrected chi connectivity index (χ1v) is 8.16. The smallest absolute Gasteiger partial charge is 0.434 e. The highest BCUT2D eigenvalue weighted by atomic mass is 19.4. The Morgan fingerprint density at radius 2 is 2.15 bits per heavy atom. The number of nitrogens with one attached hydrogen (secondary N) is 1. The number of aromatic carboxylic acids is 1. The fraction of sp³-hybridized carbons (Fsp3) is 0.353. The number of carboxylic acids is 1. The minimum Gasteiger partial charge on any atom is -0.478 e. The number of halogens is 3. The Morgan fingerprint density at radius 1 is 1.37 bits per heavy atom. The van der Waals surface area contributed by atoms with Crippen LogP contribution in [0.2, 0.25) is 0 Å². The molecule has 0 aliphatic carbocycles. The van der Waals surface area contributed by atoms with Gasteiger partial charge in [0.1, 0.15) is 5.56 Å². The van der Waals surface area contributed by atoms with Gasteiger partial charge in [0.25, 0.3) is 0 Å². The molecule has 0 bridgehead atoms. The van der Waals surface area contributed by atoms with Gasteiger partial charge in [0.15, 0.2) is 5.69 Å². The van der Waals surface area contributed by atoms with Crippen molar-refractivity contribution in [3.8, 4) is 5.69 Å². The first-order chi connectivity index (χ1) is 12.8. The summed E-state index contributed by atoms with van der Waals surface area (Å²) in [6.07, 6.45) is -2.60. The van der Waals surface area contributed by atoms with Crippen LogP contribution in [-0.4, -0.2) is 39.5 Å². The zero-order chi connectivity index (χ0) is 19.6. The molecule has 0 saturated carbocycles. The van der Waals surface area contributed by atoms with E-state index in [2.05, 4.69) is 10.4 Å². The number of rotatable bonds is 5. The maximum absolute atomic E-state index is 13.3. The number of carbonyl (C=O) groups excluding carboxylic acids is 1. The van der Waals surface area contributed by atoms with Gasteiger partial charge in [-0.15, -0.1) is 0 Å². The van der Waals surface area contributed by atoms with Gasteiger partial charge in [-0.2, -0.15) is 18.3 Å². The van der Waals surface area contributed by atoms with E-state index in [9.17, 15) is 22.8 Å². The summed E-state index contributed by atoms with van der Waals surface area (Å²) in [6.45, 7) is 0.610. The molecule has 10 heteroatoms. The van der Waals surface area contributed by atoms with Gasteiger partial charge < -0.3 is 15.2 Å². The lowest BCUT2D eigenvalue weighted by Gasteiger charge is -2.13. The molecule has 7 nitrogen and oxygen atoms in total. The molecule has 1 aliphatic rings. The molecule has 1 atom stereocenters. The average molecular weight is 383 g/mol. The highest BCUT2D eigenvalue weighted by Crippen LogP contribution is 2.34. The van der Waals surface area contributed by atoms with E-state index < -0.39 is 23.4 Å². The van der Waals surface area contributed by atoms with Gasteiger partial charge in [-0.25, -0.2) is 9.48 Å². The number of ether oxygens (including phenoxy) is 1. The lowest BCUT2D eigenvalue weighted by molar-refractivity contribution is -0.143. The van der Waals surface area contributed by atoms with Crippen molar-refractivity contribution in [3.63, 3.8) is 0 Å². The summed E-state index contributed by atoms with van der Waals surface area (Å²) < 4.78 is 45.8. The maximum atomic E-state index is 13.3. The lowest BCUT2D eigenvalue weighted by atomic mass is 10.1. The van der Waals surface area contributed by atoms with Crippen molar-refractivity contribution in [2.45, 2.75) is 31.5 Å². The third kappa shape index (κ3) is 4.27. The Balaban J connectivity index is 1.85. The standard InChI is InChI=1S/C17H16F3N3O4/c18-17(19,20)15-13(16(25)26)9-21-23(15)11-4-1-3-10(7-11)22-14(24)8-12-5-2-6-27-12/h1,3-4,7,9,12H,2,5-6,8H2,(H,22,24)(H,25,26). The molecule has 144 valence electrons. The number of hydrogen-bond acceptors (Lipinski definition) is 4. The fourth-order valence-corrected chi connectivity index (χ4v) is 2.91. The second kappa shape index (κ2) is 7.39. The number of alkyl halides is 3. The Morgan fingerprint density at radius 3 is 2.78 bits per heavy atom. The molecule has 3 rings (SSSR count). The van der Waals surface area contributed by atoms with Crippen molar-refractivity contribution in [3.05, 3.63) is 41.7 Å². The summed E-state index contributed by atoms with van der Waals surface area (Å²) in [5.74, 6) is -2.05. The lowest BCUT2D eigenvalue weighted by Crippen LogP contribution is -2.20. The van der Waals surface area contributed by atoms with Crippen LogP contribution in [0.4, 0.5) is 18.9 Å². The summed E-state index contributed by atoms with van der Waals surface area (Å²) in [5, 5.41) is 15.1. The number of nitrogens with zero attached hydrogens (tertiary/aromatic N) is 2. The van der Waals surface area contributed by atoms with Crippen molar-refractivity contribution < 1.29 is 32.6 Å². The molecule has 1 aromatic carbocycles. The molecule has 1 fully saturated rings. The minimum absolute atomic E-state index is 0.0234. The van der Waals surface area contributed by atoms with E-state index in [0.29, 0.717) is 17.5 Å². The number of carboxylic acid groups (broad SMARTS) is 1. The average Bonchev–Trinajstić information content (AvgIpc) is 3.23. The number of anilines is 1. The normalized spacial score (nSPS) is 17.1. The molecule has 1 saturated heterocycles. The predicted molar refractivity (Wildman–Crippen MR) is 87.7 cm³/mol. The predicted octanol–water partition coefficient (Wildman–Crippen LogP) is 3.10. The zero-order valence-corrected chi connectivity index (χ0v) is 14.0. The van der Waals surface area contributed by atoms with Gasteiger partial charge in [0, 0.05) is 12.3 Å². The van der Waals surface area contributed by atoms with E-state index in [1.54, 1.807) is 0 Å². The Labute approximate surface area is 151 Å². The van der Waals surface area contributed by atoms with Crippen LogP contribution in [-0.2, 0) is 15.7 Å². The molecule has 1 unspecified atom stereocenters. The van der Waals surface area contributed by atoms with E-state index in [1.165, 1.54) is 24.3 Å². The molecule has 0 spiro atoms. The van der Waals surface area contributed by atoms with Crippen LogP contribution in [0.25, 0.3) is 5.69 Å². The third-order valence-corrected chi connectivity index (χ3v) is 4.08. The van der Waals surface area contributed by atoms with Crippen LogP contribution in [0.5, 0.6) is 0 Å². The molecule has 27 heavy (non-hydrogen) atoms. The van der Waals surface area contributed by atoms with Crippen molar-refractivity contribution in [1.82, 2.24) is 9.78 Å². The fourth-order valence-electron chi connectivity index (χ4n) is 2.91. The quantitative estimate of drug-likeness (QED) is 0.828. The van der Waals surface area contributed by atoms with Gasteiger partial charge >= 0.3 is 12.1 Å². The molecule has 2 aromatic rings. The summed E-state index contributed by atoms with van der Waals surface area (Å²) in [7, 11) is 0. The maximum Gasteiger partial charge on any atom is 0.434 e. The first kappa shape index (κ1) is 18.9. The molecule has 0 radical (unpaired) electrons. The largest absolute Gasteiger partial charge is 0.478 e. The van der Waals surface area contributed by atoms with Gasteiger partial charge in [-0.1, -0.05) is 6.07 Å². The van der Waals surface area contributed by atoms with Crippen LogP contribution in [0.3, 0.4) is 0 Å². The van der Waals surface area contributed by atoms with E-state index in [-0.39, 0.29) is 29.8 Å². The topological polar surface area (TPSA) is 93.5 Å². The van der Waals surface area contributed by atoms with Crippen molar-refractivity contribution in [2.24, 2.45) is 0 Å². The van der Waals surface area contributed by atoms with Gasteiger partial charge in [0.05, 0.1) is 24.4 Å². The van der Waals surface area contributed by atoms with Crippen molar-refractivity contribution in [1.29, 1.82) is 0 Å². The second-order valence-electron chi connectivity index (χ2n) is 6.06. The molecular weight excluding hydrogens is 367 g/mol. The third-order valence-electron chi connectivity index (χ3n) is 4.08. The molecule has 2 N–H and O–H groups in total. The molecule has 1 aromatic heterocycles. The van der Waals surface area contributed by atoms with Crippen LogP contribution in [0.1, 0.15) is 35.3 Å². The molecule has 1 aliphatic heterocycles. The van der Waals surface area contributed by atoms with Crippen LogP contribution in [0.15, 0.2) is 30.5 Å². The number of aromatic nitrogens is 2. The number of benzene rings is 1. The number of amides is 1. The summed E-state index contributed by atoms with van der Waals surface area (Å²) >= 11 is 0. The Bertz CT molecular complexity index is 857.